The van der Waals surface area contributed by atoms with Gasteiger partial charge in [-0.25, -0.2) is 8.42 Å². The maximum atomic E-state index is 13.9. The standard InChI is InChI=1S/C29H26Cl2N2O5S/c1-2-3-15-38-28(34)19-33(39(36,37)23-17-21(30)16-22(31)18-23)27-14-8-11-24-25(27)12-7-13-26(24)32-29(35)20-9-5-4-6-10-20/h4-14,16-18H,2-3,15,19H2,1H3,(H,32,35). The lowest BCUT2D eigenvalue weighted by Gasteiger charge is -2.25. The number of hydrogen-bond donors (Lipinski definition) is 1. The van der Waals surface area contributed by atoms with E-state index in [1.165, 1.54) is 18.2 Å². The second-order valence-electron chi connectivity index (χ2n) is 8.69. The Balaban J connectivity index is 1.80. The van der Waals surface area contributed by atoms with Gasteiger partial charge < -0.3 is 10.1 Å². The molecule has 0 fully saturated rings. The lowest BCUT2D eigenvalue weighted by Crippen LogP contribution is -2.37. The molecule has 0 saturated carbocycles. The molecule has 0 aliphatic carbocycles. The van der Waals surface area contributed by atoms with Gasteiger partial charge >= 0.3 is 5.97 Å². The molecule has 0 heterocycles. The largest absolute Gasteiger partial charge is 0.464 e. The lowest BCUT2D eigenvalue weighted by atomic mass is 10.1. The van der Waals surface area contributed by atoms with E-state index >= 15 is 0 Å². The van der Waals surface area contributed by atoms with E-state index in [9.17, 15) is 18.0 Å². The number of unbranched alkanes of at least 4 members (excludes halogenated alkanes) is 1. The summed E-state index contributed by atoms with van der Waals surface area (Å²) >= 11 is 12.2. The summed E-state index contributed by atoms with van der Waals surface area (Å²) in [6.07, 6.45) is 1.47. The summed E-state index contributed by atoms with van der Waals surface area (Å²) in [5.41, 5.74) is 1.19. The number of carbonyl (C=O) groups is 2. The highest BCUT2D eigenvalue weighted by molar-refractivity contribution is 7.93. The highest BCUT2D eigenvalue weighted by atomic mass is 35.5. The van der Waals surface area contributed by atoms with Crippen molar-refractivity contribution >= 4 is 67.2 Å². The Morgan fingerprint density at radius 3 is 2.23 bits per heavy atom. The molecule has 39 heavy (non-hydrogen) atoms. The first-order valence-electron chi connectivity index (χ1n) is 12.2. The van der Waals surface area contributed by atoms with E-state index in [1.807, 2.05) is 13.0 Å². The number of benzene rings is 4. The molecule has 1 N–H and O–H groups in total. The van der Waals surface area contributed by atoms with Gasteiger partial charge in [0.2, 0.25) is 0 Å². The monoisotopic (exact) mass is 584 g/mol. The molecule has 4 rings (SSSR count). The minimum atomic E-state index is -4.32. The molecule has 10 heteroatoms. The van der Waals surface area contributed by atoms with Crippen molar-refractivity contribution in [1.82, 2.24) is 0 Å². The first kappa shape index (κ1) is 28.4. The molecule has 0 aliphatic heterocycles. The number of sulfonamides is 1. The van der Waals surface area contributed by atoms with Gasteiger partial charge in [-0.2, -0.15) is 0 Å². The predicted octanol–water partition coefficient (Wildman–Crippen LogP) is 6.94. The molecule has 4 aromatic carbocycles. The third kappa shape index (κ3) is 6.71. The average molecular weight is 586 g/mol. The second kappa shape index (κ2) is 12.5. The van der Waals surface area contributed by atoms with E-state index < -0.39 is 22.5 Å². The van der Waals surface area contributed by atoms with Crippen molar-refractivity contribution in [3.8, 4) is 0 Å². The van der Waals surface area contributed by atoms with Crippen LogP contribution in [0, 0.1) is 0 Å². The molecular formula is C29H26Cl2N2O5S. The Hall–Kier alpha value is -3.59. The maximum absolute atomic E-state index is 13.9. The zero-order valence-corrected chi connectivity index (χ0v) is 23.4. The summed E-state index contributed by atoms with van der Waals surface area (Å²) in [5.74, 6) is -1.02. The number of halogens is 2. The van der Waals surface area contributed by atoms with E-state index in [0.29, 0.717) is 28.4 Å². The van der Waals surface area contributed by atoms with E-state index in [2.05, 4.69) is 5.32 Å². The summed E-state index contributed by atoms with van der Waals surface area (Å²) in [6.45, 7) is 1.56. The van der Waals surface area contributed by atoms with Crippen LogP contribution in [0.3, 0.4) is 0 Å². The van der Waals surface area contributed by atoms with Crippen LogP contribution in [-0.2, 0) is 19.6 Å². The molecule has 1 amide bonds. The van der Waals surface area contributed by atoms with Gasteiger partial charge in [0, 0.05) is 32.1 Å². The number of nitrogens with zero attached hydrogens (tertiary/aromatic N) is 1. The Morgan fingerprint density at radius 2 is 1.54 bits per heavy atom. The molecule has 0 unspecified atom stereocenters. The third-order valence-corrected chi connectivity index (χ3v) is 8.08. The molecule has 0 saturated heterocycles. The van der Waals surface area contributed by atoms with Gasteiger partial charge in [0.05, 0.1) is 17.2 Å². The van der Waals surface area contributed by atoms with Crippen molar-refractivity contribution < 1.29 is 22.7 Å². The number of amides is 1. The number of hydrogen-bond acceptors (Lipinski definition) is 5. The average Bonchev–Trinajstić information content (AvgIpc) is 2.92. The topological polar surface area (TPSA) is 92.8 Å². The second-order valence-corrected chi connectivity index (χ2v) is 11.4. The predicted molar refractivity (Wildman–Crippen MR) is 155 cm³/mol. The van der Waals surface area contributed by atoms with Gasteiger partial charge in [0.15, 0.2) is 0 Å². The van der Waals surface area contributed by atoms with Crippen LogP contribution in [0.25, 0.3) is 10.8 Å². The van der Waals surface area contributed by atoms with Crippen molar-refractivity contribution in [1.29, 1.82) is 0 Å². The molecule has 4 aromatic rings. The fraction of sp³-hybridized carbons (Fsp3) is 0.172. The molecular weight excluding hydrogens is 559 g/mol. The summed E-state index contributed by atoms with van der Waals surface area (Å²) < 4.78 is 34.1. The molecule has 0 spiro atoms. The number of ether oxygens (including phenoxy) is 1. The molecule has 0 aromatic heterocycles. The van der Waals surface area contributed by atoms with Crippen LogP contribution < -0.4 is 9.62 Å². The summed E-state index contributed by atoms with van der Waals surface area (Å²) in [4.78, 5) is 25.5. The Kier molecular flexibility index (Phi) is 9.12. The Bertz CT molecular complexity index is 1590. The first-order chi connectivity index (χ1) is 18.7. The number of fused-ring (bicyclic) bond motifs is 1. The van der Waals surface area contributed by atoms with Crippen LogP contribution in [0.5, 0.6) is 0 Å². The lowest BCUT2D eigenvalue weighted by molar-refractivity contribution is -0.141. The number of esters is 1. The van der Waals surface area contributed by atoms with E-state index in [1.54, 1.807) is 60.7 Å². The smallest absolute Gasteiger partial charge is 0.326 e. The van der Waals surface area contributed by atoms with Crippen LogP contribution >= 0.6 is 23.2 Å². The summed E-state index contributed by atoms with van der Waals surface area (Å²) in [7, 11) is -4.32. The molecule has 202 valence electrons. The van der Waals surface area contributed by atoms with Gasteiger partial charge in [-0.05, 0) is 48.9 Å². The number of carbonyl (C=O) groups excluding carboxylic acids is 2. The molecule has 0 atom stereocenters. The quantitative estimate of drug-likeness (QED) is 0.161. The highest BCUT2D eigenvalue weighted by Gasteiger charge is 2.30. The highest BCUT2D eigenvalue weighted by Crippen LogP contribution is 2.35. The van der Waals surface area contributed by atoms with Crippen molar-refractivity contribution in [3.63, 3.8) is 0 Å². The van der Waals surface area contributed by atoms with Crippen LogP contribution in [0.1, 0.15) is 30.1 Å². The zero-order chi connectivity index (χ0) is 28.0. The summed E-state index contributed by atoms with van der Waals surface area (Å²) in [6, 6.07) is 22.9. The van der Waals surface area contributed by atoms with Gasteiger partial charge in [0.25, 0.3) is 15.9 Å². The fourth-order valence-electron chi connectivity index (χ4n) is 4.00. The van der Waals surface area contributed by atoms with Crippen molar-refractivity contribution in [2.45, 2.75) is 24.7 Å². The molecule has 0 radical (unpaired) electrons. The van der Waals surface area contributed by atoms with Crippen molar-refractivity contribution in [3.05, 3.63) is 101 Å². The van der Waals surface area contributed by atoms with Crippen LogP contribution in [0.15, 0.2) is 89.8 Å². The van der Waals surface area contributed by atoms with E-state index in [0.717, 1.165) is 10.7 Å². The van der Waals surface area contributed by atoms with E-state index in [-0.39, 0.29) is 33.1 Å². The van der Waals surface area contributed by atoms with Crippen LogP contribution in [0.2, 0.25) is 10.0 Å². The van der Waals surface area contributed by atoms with Gasteiger partial charge in [0.1, 0.15) is 6.54 Å². The van der Waals surface area contributed by atoms with Gasteiger partial charge in [-0.15, -0.1) is 0 Å². The molecule has 7 nitrogen and oxygen atoms in total. The Labute approximate surface area is 237 Å². The number of nitrogens with one attached hydrogen (secondary N) is 1. The summed E-state index contributed by atoms with van der Waals surface area (Å²) in [5, 5.41) is 4.25. The third-order valence-electron chi connectivity index (χ3n) is 5.91. The van der Waals surface area contributed by atoms with Gasteiger partial charge in [-0.3, -0.25) is 13.9 Å². The van der Waals surface area contributed by atoms with Crippen LogP contribution in [0.4, 0.5) is 11.4 Å². The minimum absolute atomic E-state index is 0.135. The molecule has 0 aliphatic rings. The SMILES string of the molecule is CCCCOC(=O)CN(c1cccc2c(NC(=O)c3ccccc3)cccc12)S(=O)(=O)c1cc(Cl)cc(Cl)c1. The Morgan fingerprint density at radius 1 is 0.872 bits per heavy atom. The number of anilines is 2. The van der Waals surface area contributed by atoms with E-state index in [4.69, 9.17) is 27.9 Å². The van der Waals surface area contributed by atoms with Gasteiger partial charge in [-0.1, -0.05) is 79.0 Å². The maximum Gasteiger partial charge on any atom is 0.326 e. The van der Waals surface area contributed by atoms with Crippen molar-refractivity contribution in [2.24, 2.45) is 0 Å². The first-order valence-corrected chi connectivity index (χ1v) is 14.4. The fourth-order valence-corrected chi connectivity index (χ4v) is 6.16. The zero-order valence-electron chi connectivity index (χ0n) is 21.1. The number of rotatable bonds is 10. The van der Waals surface area contributed by atoms with Crippen LogP contribution in [-0.4, -0.2) is 33.4 Å². The normalized spacial score (nSPS) is 11.3. The van der Waals surface area contributed by atoms with Crippen molar-refractivity contribution in [2.75, 3.05) is 22.8 Å². The molecule has 0 bridgehead atoms. The minimum Gasteiger partial charge on any atom is -0.464 e.